The Bertz CT molecular complexity index is 1200. The van der Waals surface area contributed by atoms with Crippen LogP contribution in [-0.4, -0.2) is 36.8 Å². The third-order valence-corrected chi connectivity index (χ3v) is 7.68. The van der Waals surface area contributed by atoms with Crippen molar-refractivity contribution in [3.05, 3.63) is 69.4 Å². The second-order valence-electron chi connectivity index (χ2n) is 7.68. The van der Waals surface area contributed by atoms with Gasteiger partial charge in [0.25, 0.3) is 5.91 Å². The molecule has 1 atom stereocenters. The van der Waals surface area contributed by atoms with Crippen molar-refractivity contribution in [1.29, 1.82) is 0 Å². The Morgan fingerprint density at radius 2 is 2.00 bits per heavy atom. The fraction of sp³-hybridized carbons (Fsp3) is 0.318. The Labute approximate surface area is 178 Å². The van der Waals surface area contributed by atoms with Crippen LogP contribution in [0.4, 0.5) is 0 Å². The SMILES string of the molecule is Cc1ccc2oc(C(=O)N(Cc3cccc(Br)c3)[C@H]3CCS(=O)(=O)C3)c(C)c2c1. The maximum Gasteiger partial charge on any atom is 0.290 e. The van der Waals surface area contributed by atoms with Gasteiger partial charge in [-0.3, -0.25) is 4.79 Å². The minimum Gasteiger partial charge on any atom is -0.451 e. The summed E-state index contributed by atoms with van der Waals surface area (Å²) < 4.78 is 31.0. The fourth-order valence-electron chi connectivity index (χ4n) is 3.89. The first-order chi connectivity index (χ1) is 13.7. The van der Waals surface area contributed by atoms with E-state index >= 15 is 0 Å². The van der Waals surface area contributed by atoms with Gasteiger partial charge in [-0.1, -0.05) is 39.7 Å². The standard InChI is InChI=1S/C22H22BrNO4S/c1-14-6-7-20-19(10-14)15(2)21(28-20)22(25)24(18-8-9-29(26,27)13-18)12-16-4-3-5-17(23)11-16/h3-7,10-11,18H,8-9,12-13H2,1-2H3/t18-/m0/s1. The molecule has 0 radical (unpaired) electrons. The van der Waals surface area contributed by atoms with Gasteiger partial charge in [0.15, 0.2) is 15.6 Å². The van der Waals surface area contributed by atoms with Crippen LogP contribution in [0.3, 0.4) is 0 Å². The lowest BCUT2D eigenvalue weighted by atomic mass is 10.1. The van der Waals surface area contributed by atoms with Gasteiger partial charge in [0, 0.05) is 28.0 Å². The second kappa shape index (κ2) is 7.61. The van der Waals surface area contributed by atoms with Crippen molar-refractivity contribution in [2.45, 2.75) is 32.9 Å². The van der Waals surface area contributed by atoms with E-state index in [4.69, 9.17) is 4.42 Å². The van der Waals surface area contributed by atoms with Crippen LogP contribution in [0.5, 0.6) is 0 Å². The first-order valence-corrected chi connectivity index (χ1v) is 12.1. The van der Waals surface area contributed by atoms with Gasteiger partial charge in [0.05, 0.1) is 11.5 Å². The minimum atomic E-state index is -3.13. The summed E-state index contributed by atoms with van der Waals surface area (Å²) in [5.41, 5.74) is 3.47. The summed E-state index contributed by atoms with van der Waals surface area (Å²) in [4.78, 5) is 15.2. The van der Waals surface area contributed by atoms with E-state index in [-0.39, 0.29) is 29.2 Å². The number of rotatable bonds is 4. The summed E-state index contributed by atoms with van der Waals surface area (Å²) in [6, 6.07) is 13.2. The lowest BCUT2D eigenvalue weighted by Gasteiger charge is -2.28. The summed E-state index contributed by atoms with van der Waals surface area (Å²) in [6.45, 7) is 4.20. The molecule has 1 amide bonds. The number of sulfone groups is 1. The summed E-state index contributed by atoms with van der Waals surface area (Å²) in [6.07, 6.45) is 0.445. The molecule has 2 aromatic carbocycles. The molecule has 3 aromatic rings. The van der Waals surface area contributed by atoms with Crippen molar-refractivity contribution in [3.63, 3.8) is 0 Å². The lowest BCUT2D eigenvalue weighted by Crippen LogP contribution is -2.40. The van der Waals surface area contributed by atoms with Crippen LogP contribution >= 0.6 is 15.9 Å². The van der Waals surface area contributed by atoms with Crippen LogP contribution in [-0.2, 0) is 16.4 Å². The van der Waals surface area contributed by atoms with E-state index in [0.717, 1.165) is 26.5 Å². The Kier molecular flexibility index (Phi) is 5.29. The highest BCUT2D eigenvalue weighted by Crippen LogP contribution is 2.30. The highest BCUT2D eigenvalue weighted by molar-refractivity contribution is 9.10. The molecule has 2 heterocycles. The summed E-state index contributed by atoms with van der Waals surface area (Å²) >= 11 is 3.46. The molecule has 0 aliphatic carbocycles. The molecule has 0 spiro atoms. The molecular formula is C22H22BrNO4S. The summed E-state index contributed by atoms with van der Waals surface area (Å²) in [5.74, 6) is 0.118. The monoisotopic (exact) mass is 475 g/mol. The molecule has 29 heavy (non-hydrogen) atoms. The Hall–Kier alpha value is -2.12. The largest absolute Gasteiger partial charge is 0.451 e. The van der Waals surface area contributed by atoms with Crippen molar-refractivity contribution in [3.8, 4) is 0 Å². The average molecular weight is 476 g/mol. The molecule has 1 fully saturated rings. The fourth-order valence-corrected chi connectivity index (χ4v) is 6.07. The number of hydrogen-bond acceptors (Lipinski definition) is 4. The highest BCUT2D eigenvalue weighted by Gasteiger charge is 2.36. The quantitative estimate of drug-likeness (QED) is 0.550. The molecule has 1 aliphatic rings. The number of carbonyl (C=O) groups is 1. The van der Waals surface area contributed by atoms with Crippen LogP contribution in [0, 0.1) is 13.8 Å². The van der Waals surface area contributed by atoms with E-state index in [1.807, 2.05) is 56.3 Å². The van der Waals surface area contributed by atoms with Crippen molar-refractivity contribution in [2.75, 3.05) is 11.5 Å². The molecule has 1 aliphatic heterocycles. The number of hydrogen-bond donors (Lipinski definition) is 0. The van der Waals surface area contributed by atoms with E-state index in [1.54, 1.807) is 4.90 Å². The first-order valence-electron chi connectivity index (χ1n) is 9.49. The zero-order chi connectivity index (χ0) is 20.8. The van der Waals surface area contributed by atoms with E-state index in [1.165, 1.54) is 0 Å². The van der Waals surface area contributed by atoms with E-state index in [9.17, 15) is 13.2 Å². The van der Waals surface area contributed by atoms with Gasteiger partial charge in [-0.25, -0.2) is 8.42 Å². The number of nitrogens with zero attached hydrogens (tertiary/aromatic N) is 1. The van der Waals surface area contributed by atoms with Gasteiger partial charge < -0.3 is 9.32 Å². The van der Waals surface area contributed by atoms with Gasteiger partial charge >= 0.3 is 0 Å². The molecule has 0 saturated carbocycles. The number of aryl methyl sites for hydroxylation is 2. The van der Waals surface area contributed by atoms with Gasteiger partial charge in [-0.2, -0.15) is 0 Å². The van der Waals surface area contributed by atoms with Crippen LogP contribution < -0.4 is 0 Å². The van der Waals surface area contributed by atoms with E-state index in [2.05, 4.69) is 15.9 Å². The van der Waals surface area contributed by atoms with Crippen molar-refractivity contribution < 1.29 is 17.6 Å². The number of halogens is 1. The molecule has 1 saturated heterocycles. The Balaban J connectivity index is 1.74. The van der Waals surface area contributed by atoms with Crippen LogP contribution in [0.25, 0.3) is 11.0 Å². The van der Waals surface area contributed by atoms with Crippen molar-refractivity contribution in [1.82, 2.24) is 4.90 Å². The van der Waals surface area contributed by atoms with Crippen molar-refractivity contribution >= 4 is 42.6 Å². The average Bonchev–Trinajstić information content (AvgIpc) is 3.19. The topological polar surface area (TPSA) is 67.6 Å². The number of benzene rings is 2. The molecule has 1 aromatic heterocycles. The molecular weight excluding hydrogens is 454 g/mol. The predicted molar refractivity (Wildman–Crippen MR) is 117 cm³/mol. The highest BCUT2D eigenvalue weighted by atomic mass is 79.9. The first kappa shape index (κ1) is 20.2. The molecule has 0 unspecified atom stereocenters. The lowest BCUT2D eigenvalue weighted by molar-refractivity contribution is 0.0649. The van der Waals surface area contributed by atoms with Gasteiger partial charge in [0.2, 0.25) is 0 Å². The molecule has 0 N–H and O–H groups in total. The molecule has 4 rings (SSSR count). The molecule has 0 bridgehead atoms. The second-order valence-corrected chi connectivity index (χ2v) is 10.8. The van der Waals surface area contributed by atoms with Gasteiger partial charge in [0.1, 0.15) is 5.58 Å². The molecule has 152 valence electrons. The number of amides is 1. The maximum absolute atomic E-state index is 13.5. The van der Waals surface area contributed by atoms with Crippen molar-refractivity contribution in [2.24, 2.45) is 0 Å². The maximum atomic E-state index is 13.5. The Morgan fingerprint density at radius 3 is 2.69 bits per heavy atom. The van der Waals surface area contributed by atoms with Crippen LogP contribution in [0.1, 0.15) is 33.7 Å². The third kappa shape index (κ3) is 4.12. The zero-order valence-corrected chi connectivity index (χ0v) is 18.7. The summed E-state index contributed by atoms with van der Waals surface area (Å²) in [7, 11) is -3.13. The Morgan fingerprint density at radius 1 is 1.21 bits per heavy atom. The number of fused-ring (bicyclic) bond motifs is 1. The third-order valence-electron chi connectivity index (χ3n) is 5.44. The molecule has 7 heteroatoms. The minimum absolute atomic E-state index is 0.00880. The number of furan rings is 1. The smallest absolute Gasteiger partial charge is 0.290 e. The molecule has 5 nitrogen and oxygen atoms in total. The van der Waals surface area contributed by atoms with E-state index < -0.39 is 9.84 Å². The number of carbonyl (C=O) groups excluding carboxylic acids is 1. The summed E-state index contributed by atoms with van der Waals surface area (Å²) in [5, 5.41) is 0.912. The van der Waals surface area contributed by atoms with E-state index in [0.29, 0.717) is 18.5 Å². The van der Waals surface area contributed by atoms with Crippen LogP contribution in [0.2, 0.25) is 0 Å². The normalized spacial score (nSPS) is 18.2. The predicted octanol–water partition coefficient (Wildman–Crippen LogP) is 4.64. The van der Waals surface area contributed by atoms with Crippen LogP contribution in [0.15, 0.2) is 51.4 Å². The van der Waals surface area contributed by atoms with Gasteiger partial charge in [-0.05, 0) is 50.1 Å². The van der Waals surface area contributed by atoms with Gasteiger partial charge in [-0.15, -0.1) is 0 Å². The zero-order valence-electron chi connectivity index (χ0n) is 16.3.